The van der Waals surface area contributed by atoms with E-state index < -0.39 is 23.4 Å². The molecular formula is C31H28O8. The van der Waals surface area contributed by atoms with Gasteiger partial charge in [-0.1, -0.05) is 24.3 Å². The molecule has 0 radical (unpaired) electrons. The van der Waals surface area contributed by atoms with Crippen LogP contribution in [-0.4, -0.2) is 46.2 Å². The maximum absolute atomic E-state index is 13.9. The van der Waals surface area contributed by atoms with Crippen molar-refractivity contribution >= 4 is 11.6 Å². The minimum atomic E-state index is -0.901. The maximum atomic E-state index is 13.9. The van der Waals surface area contributed by atoms with Crippen molar-refractivity contribution < 1.29 is 39.5 Å². The van der Waals surface area contributed by atoms with Gasteiger partial charge in [0.05, 0.1) is 25.3 Å². The molecule has 0 bridgehead atoms. The first kappa shape index (κ1) is 27.1. The van der Waals surface area contributed by atoms with Gasteiger partial charge < -0.3 is 29.9 Å². The number of Topliss-reactive ketones (excluding diaryl/α,β-unsaturated/α-hetero) is 2. The fourth-order valence-corrected chi connectivity index (χ4v) is 4.53. The number of ketones is 2. The summed E-state index contributed by atoms with van der Waals surface area (Å²) in [5.74, 6) is -2.73. The zero-order valence-electron chi connectivity index (χ0n) is 21.4. The minimum absolute atomic E-state index is 0.0120. The Labute approximate surface area is 225 Å². The molecule has 4 N–H and O–H groups in total. The first-order valence-corrected chi connectivity index (χ1v) is 12.1. The molecule has 8 heteroatoms. The summed E-state index contributed by atoms with van der Waals surface area (Å²) >= 11 is 0. The third-order valence-corrected chi connectivity index (χ3v) is 6.63. The van der Waals surface area contributed by atoms with E-state index in [0.717, 1.165) is 12.1 Å². The Morgan fingerprint density at radius 1 is 0.590 bits per heavy atom. The number of carbonyl (C=O) groups is 2. The molecule has 0 spiro atoms. The summed E-state index contributed by atoms with van der Waals surface area (Å²) in [7, 11) is 3.04. The number of aromatic hydroxyl groups is 4. The number of hydrogen-bond acceptors (Lipinski definition) is 8. The van der Waals surface area contributed by atoms with Gasteiger partial charge in [0, 0.05) is 24.0 Å². The lowest BCUT2D eigenvalue weighted by atomic mass is 9.78. The van der Waals surface area contributed by atoms with E-state index in [1.165, 1.54) is 38.5 Å². The number of rotatable bonds is 10. The maximum Gasteiger partial charge on any atom is 0.174 e. The molecule has 0 aromatic heterocycles. The molecule has 8 nitrogen and oxygen atoms in total. The highest BCUT2D eigenvalue weighted by Gasteiger charge is 2.33. The number of ether oxygens (including phenoxy) is 2. The number of methoxy groups -OCH3 is 2. The van der Waals surface area contributed by atoms with E-state index in [1.807, 2.05) is 0 Å². The lowest BCUT2D eigenvalue weighted by molar-refractivity contribution is 0.0916. The average Bonchev–Trinajstić information content (AvgIpc) is 2.93. The number of phenolic OH excluding ortho intramolecular Hbond substituents is 4. The van der Waals surface area contributed by atoms with Gasteiger partial charge in [0.2, 0.25) is 0 Å². The zero-order valence-corrected chi connectivity index (χ0v) is 21.4. The van der Waals surface area contributed by atoms with Crippen molar-refractivity contribution in [2.24, 2.45) is 0 Å². The number of phenols is 4. The Hall–Kier alpha value is -4.98. The van der Waals surface area contributed by atoms with E-state index >= 15 is 0 Å². The second-order valence-electron chi connectivity index (χ2n) is 9.02. The molecule has 0 heterocycles. The van der Waals surface area contributed by atoms with Crippen LogP contribution in [0.15, 0.2) is 84.9 Å². The van der Waals surface area contributed by atoms with Gasteiger partial charge in [0.15, 0.2) is 11.6 Å². The topological polar surface area (TPSA) is 134 Å². The Bertz CT molecular complexity index is 1360. The molecule has 0 saturated carbocycles. The van der Waals surface area contributed by atoms with E-state index in [9.17, 15) is 30.0 Å². The molecule has 0 saturated heterocycles. The Balaban J connectivity index is 1.83. The van der Waals surface area contributed by atoms with Crippen LogP contribution in [-0.2, 0) is 0 Å². The van der Waals surface area contributed by atoms with Crippen LogP contribution in [0.2, 0.25) is 0 Å². The first-order valence-electron chi connectivity index (χ1n) is 12.1. The van der Waals surface area contributed by atoms with Crippen molar-refractivity contribution in [1.29, 1.82) is 0 Å². The lowest BCUT2D eigenvalue weighted by Crippen LogP contribution is -2.21. The number of carbonyl (C=O) groups excluding carboxylic acids is 2. The van der Waals surface area contributed by atoms with Crippen LogP contribution in [0.5, 0.6) is 34.5 Å². The Morgan fingerprint density at radius 3 is 1.26 bits per heavy atom. The van der Waals surface area contributed by atoms with Gasteiger partial charge in [0.1, 0.15) is 34.5 Å². The monoisotopic (exact) mass is 528 g/mol. The first-order chi connectivity index (χ1) is 18.7. The van der Waals surface area contributed by atoms with Crippen molar-refractivity contribution in [2.45, 2.75) is 18.3 Å². The molecule has 2 atom stereocenters. The molecule has 39 heavy (non-hydrogen) atoms. The van der Waals surface area contributed by atoms with E-state index in [1.54, 1.807) is 48.5 Å². The highest BCUT2D eigenvalue weighted by atomic mass is 16.5. The SMILES string of the molecule is COc1ccc(C(CC(C(=O)c2ccc(O)cc2O)c2ccc(OC)cc2)C(=O)c2ccc(O)cc2O)cc1. The number of hydrogen-bond donors (Lipinski definition) is 4. The van der Waals surface area contributed by atoms with Gasteiger partial charge in [-0.15, -0.1) is 0 Å². The normalized spacial score (nSPS) is 12.4. The molecule has 0 aliphatic rings. The van der Waals surface area contributed by atoms with Crippen molar-refractivity contribution in [3.05, 3.63) is 107 Å². The van der Waals surface area contributed by atoms with Gasteiger partial charge in [-0.2, -0.15) is 0 Å². The summed E-state index contributed by atoms with van der Waals surface area (Å²) in [6, 6.07) is 21.1. The van der Waals surface area contributed by atoms with Crippen LogP contribution in [0.3, 0.4) is 0 Å². The second-order valence-corrected chi connectivity index (χ2v) is 9.02. The minimum Gasteiger partial charge on any atom is -0.508 e. The molecule has 0 fully saturated rings. The third-order valence-electron chi connectivity index (χ3n) is 6.63. The Kier molecular flexibility index (Phi) is 8.05. The molecular weight excluding hydrogens is 500 g/mol. The summed E-state index contributed by atoms with van der Waals surface area (Å²) in [6.45, 7) is 0. The fourth-order valence-electron chi connectivity index (χ4n) is 4.53. The quantitative estimate of drug-likeness (QED) is 0.197. The standard InChI is InChI=1S/C31H28O8/c1-38-22-9-3-18(4-10-22)26(30(36)24-13-7-20(32)15-28(24)34)17-27(19-5-11-23(39-2)12-6-19)31(37)25-14-8-21(33)16-29(25)35/h3-16,26-27,32-35H,17H2,1-2H3. The summed E-state index contributed by atoms with van der Waals surface area (Å²) < 4.78 is 10.5. The molecule has 200 valence electrons. The van der Waals surface area contributed by atoms with E-state index in [-0.39, 0.29) is 40.5 Å². The molecule has 4 rings (SSSR count). The average molecular weight is 529 g/mol. The molecule has 2 unspecified atom stereocenters. The summed E-state index contributed by atoms with van der Waals surface area (Å²) in [5.41, 5.74) is 1.13. The van der Waals surface area contributed by atoms with Gasteiger partial charge in [-0.3, -0.25) is 9.59 Å². The predicted molar refractivity (Wildman–Crippen MR) is 144 cm³/mol. The van der Waals surface area contributed by atoms with E-state index in [4.69, 9.17) is 9.47 Å². The molecule has 4 aromatic rings. The molecule has 0 aliphatic heterocycles. The fraction of sp³-hybridized carbons (Fsp3) is 0.161. The van der Waals surface area contributed by atoms with Gasteiger partial charge in [-0.05, 0) is 66.1 Å². The second kappa shape index (κ2) is 11.6. The van der Waals surface area contributed by atoms with Crippen LogP contribution in [0.1, 0.15) is 50.1 Å². The number of benzene rings is 4. The summed E-state index contributed by atoms with van der Waals surface area (Å²) in [6.07, 6.45) is -0.0169. The highest BCUT2D eigenvalue weighted by molar-refractivity contribution is 6.06. The van der Waals surface area contributed by atoms with E-state index in [2.05, 4.69) is 0 Å². The van der Waals surface area contributed by atoms with Gasteiger partial charge >= 0.3 is 0 Å². The van der Waals surface area contributed by atoms with Crippen LogP contribution >= 0.6 is 0 Å². The van der Waals surface area contributed by atoms with Gasteiger partial charge in [-0.25, -0.2) is 0 Å². The van der Waals surface area contributed by atoms with Crippen molar-refractivity contribution in [3.63, 3.8) is 0 Å². The van der Waals surface area contributed by atoms with Crippen molar-refractivity contribution in [3.8, 4) is 34.5 Å². The molecule has 0 amide bonds. The van der Waals surface area contributed by atoms with Crippen LogP contribution in [0, 0.1) is 0 Å². The molecule has 0 aliphatic carbocycles. The van der Waals surface area contributed by atoms with Crippen molar-refractivity contribution in [2.75, 3.05) is 14.2 Å². The molecule has 4 aromatic carbocycles. The summed E-state index contributed by atoms with van der Waals surface area (Å²) in [5, 5.41) is 40.4. The van der Waals surface area contributed by atoms with Crippen molar-refractivity contribution in [1.82, 2.24) is 0 Å². The van der Waals surface area contributed by atoms with Crippen LogP contribution in [0.25, 0.3) is 0 Å². The predicted octanol–water partition coefficient (Wildman–Crippen LogP) is 5.55. The van der Waals surface area contributed by atoms with Crippen LogP contribution < -0.4 is 9.47 Å². The van der Waals surface area contributed by atoms with E-state index in [0.29, 0.717) is 22.6 Å². The summed E-state index contributed by atoms with van der Waals surface area (Å²) in [4.78, 5) is 27.8. The van der Waals surface area contributed by atoms with Crippen LogP contribution in [0.4, 0.5) is 0 Å². The highest BCUT2D eigenvalue weighted by Crippen LogP contribution is 2.39. The lowest BCUT2D eigenvalue weighted by Gasteiger charge is -2.24. The largest absolute Gasteiger partial charge is 0.508 e. The third kappa shape index (κ3) is 5.96. The smallest absolute Gasteiger partial charge is 0.174 e. The Morgan fingerprint density at radius 2 is 0.949 bits per heavy atom. The van der Waals surface area contributed by atoms with Gasteiger partial charge in [0.25, 0.3) is 0 Å². The zero-order chi connectivity index (χ0) is 28.1.